The van der Waals surface area contributed by atoms with E-state index < -0.39 is 34.2 Å². The van der Waals surface area contributed by atoms with Crippen LogP contribution in [0.1, 0.15) is 94.4 Å². The summed E-state index contributed by atoms with van der Waals surface area (Å²) in [4.78, 5) is 14.3. The lowest BCUT2D eigenvalue weighted by Crippen LogP contribution is -2.51. The lowest BCUT2D eigenvalue weighted by atomic mass is 9.92. The van der Waals surface area contributed by atoms with Crippen LogP contribution in [-0.4, -0.2) is 69.2 Å². The zero-order valence-corrected chi connectivity index (χ0v) is 34.4. The highest BCUT2D eigenvalue weighted by Gasteiger charge is 2.52. The van der Waals surface area contributed by atoms with Crippen LogP contribution in [0.2, 0.25) is 10.0 Å². The number of nitrogens with one attached hydrogen (secondary N) is 1. The van der Waals surface area contributed by atoms with Crippen molar-refractivity contribution in [2.45, 2.75) is 109 Å². The van der Waals surface area contributed by atoms with Crippen LogP contribution in [0, 0.1) is 11.3 Å². The molecule has 0 aromatic heterocycles. The Morgan fingerprint density at radius 1 is 1.05 bits per heavy atom. The molecule has 55 heavy (non-hydrogen) atoms. The topological polar surface area (TPSA) is 114 Å². The van der Waals surface area contributed by atoms with E-state index in [2.05, 4.69) is 12.1 Å². The van der Waals surface area contributed by atoms with Gasteiger partial charge in [-0.1, -0.05) is 60.0 Å². The Kier molecular flexibility index (Phi) is 13.3. The summed E-state index contributed by atoms with van der Waals surface area (Å²) in [5.74, 6) is 1.45. The van der Waals surface area contributed by atoms with Crippen LogP contribution in [0.25, 0.3) is 11.1 Å². The minimum atomic E-state index is -3.82. The second kappa shape index (κ2) is 17.6. The van der Waals surface area contributed by atoms with Crippen molar-refractivity contribution >= 4 is 39.1 Å². The SMILES string of the molecule is CCOc1cc(O[C@H]2CCc3c(-c4cccc(OCCCC5CC56CCCC(F)CC6)c4Cl)cccc32)c(Cl)cc1CN(C)[C@H](C(=O)NS(C)(=O)=O)[C@@H](C)O. The second-order valence-corrected chi connectivity index (χ2v) is 18.1. The molecule has 2 fully saturated rings. The molecule has 13 heteroatoms. The predicted octanol–water partition coefficient (Wildman–Crippen LogP) is 8.85. The minimum absolute atomic E-state index is 0.129. The van der Waals surface area contributed by atoms with Crippen LogP contribution in [0.4, 0.5) is 4.39 Å². The molecule has 9 nitrogen and oxygen atoms in total. The van der Waals surface area contributed by atoms with Gasteiger partial charge in [0.2, 0.25) is 10.0 Å². The van der Waals surface area contributed by atoms with Crippen LogP contribution in [0.15, 0.2) is 48.5 Å². The van der Waals surface area contributed by atoms with E-state index in [9.17, 15) is 22.7 Å². The smallest absolute Gasteiger partial charge is 0.253 e. The fourth-order valence-corrected chi connectivity index (χ4v) is 9.80. The summed E-state index contributed by atoms with van der Waals surface area (Å²) >= 11 is 13.8. The van der Waals surface area contributed by atoms with E-state index in [1.165, 1.54) is 13.3 Å². The van der Waals surface area contributed by atoms with Crippen molar-refractivity contribution < 1.29 is 36.9 Å². The first-order chi connectivity index (χ1) is 26.2. The number of aliphatic hydroxyl groups is 1. The second-order valence-electron chi connectivity index (χ2n) is 15.6. The number of alkyl halides is 1. The van der Waals surface area contributed by atoms with Gasteiger partial charge < -0.3 is 19.3 Å². The van der Waals surface area contributed by atoms with Gasteiger partial charge in [-0.2, -0.15) is 0 Å². The summed E-state index contributed by atoms with van der Waals surface area (Å²) in [5.41, 5.74) is 5.15. The van der Waals surface area contributed by atoms with Crippen molar-refractivity contribution in [1.82, 2.24) is 9.62 Å². The molecule has 1 spiro atoms. The number of hydrogen-bond acceptors (Lipinski definition) is 8. The zero-order chi connectivity index (χ0) is 39.5. The molecule has 2 saturated carbocycles. The third kappa shape index (κ3) is 9.90. The van der Waals surface area contributed by atoms with Gasteiger partial charge in [0.25, 0.3) is 5.91 Å². The molecule has 0 bridgehead atoms. The molecule has 6 rings (SSSR count). The van der Waals surface area contributed by atoms with Gasteiger partial charge in [-0.25, -0.2) is 12.8 Å². The standard InChI is InChI=1S/C42H53Cl2FN2O7S/c1-5-52-37-23-38(34(43)22-27(37)25-47(3)40(26(2)48)41(49)46-55(4,50)51)54-35-17-16-31-30(12-6-13-32(31)35)33-14-7-15-36(39(33)44)53-21-9-10-28-24-42(28)19-8-11-29(45)18-20-42/h6-7,12-15,22-23,26,28-29,35,40,48H,5,8-11,16-21,24-25H2,1-4H3,(H,46,49)/t26-,28?,29?,35+,40+,42?/m1/s1. The number of aliphatic hydroxyl groups excluding tert-OH is 1. The van der Waals surface area contributed by atoms with Crippen LogP contribution >= 0.6 is 23.2 Å². The highest BCUT2D eigenvalue weighted by molar-refractivity contribution is 7.89. The van der Waals surface area contributed by atoms with Gasteiger partial charge in [0.1, 0.15) is 35.6 Å². The molecule has 3 aliphatic rings. The Balaban J connectivity index is 1.13. The molecule has 3 aromatic carbocycles. The van der Waals surface area contributed by atoms with E-state index in [0.29, 0.717) is 63.8 Å². The molecular weight excluding hydrogens is 766 g/mol. The van der Waals surface area contributed by atoms with Crippen molar-refractivity contribution in [3.63, 3.8) is 0 Å². The van der Waals surface area contributed by atoms with Crippen LogP contribution in [0.3, 0.4) is 0 Å². The van der Waals surface area contributed by atoms with Gasteiger partial charge in [-0.05, 0) is 119 Å². The largest absolute Gasteiger partial charge is 0.493 e. The molecule has 1 amide bonds. The summed E-state index contributed by atoms with van der Waals surface area (Å²) in [6.45, 7) is 4.35. The number of rotatable bonds is 16. The first kappa shape index (κ1) is 41.5. The van der Waals surface area contributed by atoms with Gasteiger partial charge in [-0.15, -0.1) is 0 Å². The van der Waals surface area contributed by atoms with Crippen molar-refractivity contribution in [3.8, 4) is 28.4 Å². The van der Waals surface area contributed by atoms with Gasteiger partial charge in [0.05, 0.1) is 35.6 Å². The van der Waals surface area contributed by atoms with E-state index in [-0.39, 0.29) is 12.6 Å². The average molecular weight is 820 g/mol. The molecule has 3 unspecified atom stereocenters. The number of carbonyl (C=O) groups is 1. The van der Waals surface area contributed by atoms with Crippen molar-refractivity contribution in [2.75, 3.05) is 26.5 Å². The summed E-state index contributed by atoms with van der Waals surface area (Å²) < 4.78 is 58.1. The maximum atomic E-state index is 13.9. The number of likely N-dealkylation sites (N-methyl/N-ethyl adjacent to an activating group) is 1. The van der Waals surface area contributed by atoms with Gasteiger partial charge in [0, 0.05) is 23.7 Å². The molecular formula is C42H53Cl2FN2O7S. The molecule has 3 aliphatic carbocycles. The van der Waals surface area contributed by atoms with Gasteiger partial charge in [-0.3, -0.25) is 14.4 Å². The van der Waals surface area contributed by atoms with Crippen LogP contribution < -0.4 is 18.9 Å². The van der Waals surface area contributed by atoms with Crippen LogP contribution in [0.5, 0.6) is 17.2 Å². The van der Waals surface area contributed by atoms with Crippen molar-refractivity contribution in [3.05, 3.63) is 75.3 Å². The van der Waals surface area contributed by atoms with E-state index in [0.717, 1.165) is 79.9 Å². The molecule has 2 N–H and O–H groups in total. The van der Waals surface area contributed by atoms with Crippen molar-refractivity contribution in [2.24, 2.45) is 11.3 Å². The molecule has 300 valence electrons. The number of amides is 1. The van der Waals surface area contributed by atoms with E-state index in [1.807, 2.05) is 35.9 Å². The highest BCUT2D eigenvalue weighted by Crippen LogP contribution is 2.62. The van der Waals surface area contributed by atoms with Crippen molar-refractivity contribution in [1.29, 1.82) is 0 Å². The Bertz CT molecular complexity index is 1960. The first-order valence-electron chi connectivity index (χ1n) is 19.4. The monoisotopic (exact) mass is 818 g/mol. The highest BCUT2D eigenvalue weighted by atomic mass is 35.5. The third-order valence-electron chi connectivity index (χ3n) is 11.5. The lowest BCUT2D eigenvalue weighted by molar-refractivity contribution is -0.127. The Labute approximate surface area is 334 Å². The minimum Gasteiger partial charge on any atom is -0.493 e. The summed E-state index contributed by atoms with van der Waals surface area (Å²) in [6, 6.07) is 14.4. The van der Waals surface area contributed by atoms with E-state index >= 15 is 0 Å². The Hall–Kier alpha value is -3.09. The molecule has 0 heterocycles. The first-order valence-corrected chi connectivity index (χ1v) is 22.0. The molecule has 0 radical (unpaired) electrons. The normalized spacial score (nSPS) is 23.2. The zero-order valence-electron chi connectivity index (χ0n) is 32.1. The van der Waals surface area contributed by atoms with E-state index in [4.69, 9.17) is 37.4 Å². The van der Waals surface area contributed by atoms with Gasteiger partial charge in [0.15, 0.2) is 0 Å². The van der Waals surface area contributed by atoms with Crippen LogP contribution in [-0.2, 0) is 27.8 Å². The maximum absolute atomic E-state index is 13.9. The summed E-state index contributed by atoms with van der Waals surface area (Å²) in [7, 11) is -2.21. The maximum Gasteiger partial charge on any atom is 0.253 e. The fraction of sp³-hybridized carbons (Fsp3) is 0.548. The quantitative estimate of drug-likeness (QED) is 0.138. The number of carbonyl (C=O) groups excluding carboxylic acids is 1. The number of sulfonamides is 1. The number of ether oxygens (including phenoxy) is 3. The molecule has 3 aromatic rings. The number of hydrogen-bond donors (Lipinski definition) is 2. The van der Waals surface area contributed by atoms with Gasteiger partial charge >= 0.3 is 0 Å². The number of fused-ring (bicyclic) bond motifs is 1. The van der Waals surface area contributed by atoms with E-state index in [1.54, 1.807) is 24.1 Å². The lowest BCUT2D eigenvalue weighted by Gasteiger charge is -2.29. The Morgan fingerprint density at radius 2 is 1.82 bits per heavy atom. The summed E-state index contributed by atoms with van der Waals surface area (Å²) in [5, 5.41) is 11.3. The molecule has 6 atom stereocenters. The number of halogens is 3. The fourth-order valence-electron chi connectivity index (χ4n) is 8.81. The predicted molar refractivity (Wildman–Crippen MR) is 214 cm³/mol. The molecule has 0 saturated heterocycles. The average Bonchev–Trinajstić information content (AvgIpc) is 3.70. The Morgan fingerprint density at radius 3 is 2.56 bits per heavy atom. The third-order valence-corrected chi connectivity index (χ3v) is 12.8. The molecule has 0 aliphatic heterocycles. The number of benzene rings is 3. The number of nitrogens with zero attached hydrogens (tertiary/aromatic N) is 1. The summed E-state index contributed by atoms with van der Waals surface area (Å²) in [6.07, 6.45) is 8.24.